The minimum Gasteiger partial charge on any atom is -0.136 e. The molecule has 0 rings (SSSR count). The van der Waals surface area contributed by atoms with Gasteiger partial charge >= 0.3 is 0 Å². The zero-order valence-electron chi connectivity index (χ0n) is 2.37. The van der Waals surface area contributed by atoms with Gasteiger partial charge in [0.2, 0.25) is 0 Å². The normalized spacial score (nSPS) is 7.50. The fraction of sp³-hybridized carbons (Fsp3) is 1.00. The van der Waals surface area contributed by atoms with Crippen molar-refractivity contribution in [1.29, 1.82) is 0 Å². The first-order chi connectivity index (χ1) is 1.91. The van der Waals surface area contributed by atoms with Crippen LogP contribution in [0.5, 0.6) is 0 Å². The highest BCUT2D eigenvalue weighted by molar-refractivity contribution is 7.16. The molecule has 26 valence electrons. The molecular formula is C2H6ClP. The standard InChI is InChI=1S/C2H6ClP/c3-1-2-4/h1-2,4H2. The maximum absolute atomic E-state index is 5.17. The molecule has 0 saturated carbocycles. The SMILES string of the molecule is PCCCl. The molecule has 0 fully saturated rings. The van der Waals surface area contributed by atoms with Crippen molar-refractivity contribution in [1.82, 2.24) is 0 Å². The van der Waals surface area contributed by atoms with Gasteiger partial charge in [-0.1, -0.05) is 0 Å². The van der Waals surface area contributed by atoms with Gasteiger partial charge in [-0.15, -0.1) is 20.8 Å². The average Bonchev–Trinajstić information content (AvgIpc) is 1.37. The molecule has 4 heavy (non-hydrogen) atoms. The summed E-state index contributed by atoms with van der Waals surface area (Å²) in [7, 11) is 2.52. The fourth-order valence-corrected chi connectivity index (χ4v) is 0. The van der Waals surface area contributed by atoms with Crippen LogP contribution in [0.2, 0.25) is 0 Å². The van der Waals surface area contributed by atoms with Gasteiger partial charge < -0.3 is 0 Å². The van der Waals surface area contributed by atoms with Crippen LogP contribution in [0.4, 0.5) is 0 Å². The van der Waals surface area contributed by atoms with E-state index in [0.29, 0.717) is 0 Å². The van der Waals surface area contributed by atoms with Crippen molar-refractivity contribution in [3.05, 3.63) is 0 Å². The van der Waals surface area contributed by atoms with Crippen LogP contribution in [0.15, 0.2) is 0 Å². The lowest BCUT2D eigenvalue weighted by Gasteiger charge is -1.66. The average molecular weight is 96.5 g/mol. The van der Waals surface area contributed by atoms with Gasteiger partial charge in [-0.3, -0.25) is 0 Å². The van der Waals surface area contributed by atoms with Gasteiger partial charge in [-0.05, 0) is 6.16 Å². The van der Waals surface area contributed by atoms with E-state index in [-0.39, 0.29) is 0 Å². The Balaban J connectivity index is 1.97. The minimum absolute atomic E-state index is 0.755. The van der Waals surface area contributed by atoms with Crippen molar-refractivity contribution in [3.8, 4) is 0 Å². The van der Waals surface area contributed by atoms with Crippen molar-refractivity contribution < 1.29 is 0 Å². The second-order valence-corrected chi connectivity index (χ2v) is 1.43. The van der Waals surface area contributed by atoms with Gasteiger partial charge in [0, 0.05) is 5.88 Å². The van der Waals surface area contributed by atoms with Gasteiger partial charge in [0.05, 0.1) is 0 Å². The predicted octanol–water partition coefficient (Wildman–Crippen LogP) is 1.10. The van der Waals surface area contributed by atoms with Crippen molar-refractivity contribution in [2.45, 2.75) is 0 Å². The van der Waals surface area contributed by atoms with Crippen LogP contribution < -0.4 is 0 Å². The molecule has 1 atom stereocenters. The fourth-order valence-electron chi connectivity index (χ4n) is 0. The molecule has 0 aliphatic rings. The first-order valence-corrected chi connectivity index (χ1v) is 2.53. The largest absolute Gasteiger partial charge is 0.136 e. The van der Waals surface area contributed by atoms with E-state index in [1.54, 1.807) is 0 Å². The number of hydrogen-bond donors (Lipinski definition) is 0. The van der Waals surface area contributed by atoms with Gasteiger partial charge in [-0.2, -0.15) is 0 Å². The van der Waals surface area contributed by atoms with E-state index in [2.05, 4.69) is 9.24 Å². The number of halogens is 1. The van der Waals surface area contributed by atoms with Crippen LogP contribution >= 0.6 is 20.8 Å². The van der Waals surface area contributed by atoms with Gasteiger partial charge in [-0.25, -0.2) is 0 Å². The van der Waals surface area contributed by atoms with E-state index in [1.165, 1.54) is 0 Å². The summed E-state index contributed by atoms with van der Waals surface area (Å²) in [5.41, 5.74) is 0. The molecule has 0 amide bonds. The zero-order chi connectivity index (χ0) is 3.41. The van der Waals surface area contributed by atoms with Gasteiger partial charge in [0.25, 0.3) is 0 Å². The van der Waals surface area contributed by atoms with Crippen LogP contribution in [-0.2, 0) is 0 Å². The first kappa shape index (κ1) is 4.72. The quantitative estimate of drug-likeness (QED) is 0.339. The molecule has 0 aliphatic heterocycles. The number of rotatable bonds is 1. The summed E-state index contributed by atoms with van der Waals surface area (Å²) in [6.45, 7) is 0. The lowest BCUT2D eigenvalue weighted by molar-refractivity contribution is 1.54. The van der Waals surface area contributed by atoms with Crippen molar-refractivity contribution in [2.75, 3.05) is 12.0 Å². The van der Waals surface area contributed by atoms with Crippen LogP contribution in [0.1, 0.15) is 0 Å². The monoisotopic (exact) mass is 96.0 g/mol. The molecule has 0 spiro atoms. The summed E-state index contributed by atoms with van der Waals surface area (Å²) in [6, 6.07) is 0. The molecule has 0 aliphatic carbocycles. The van der Waals surface area contributed by atoms with E-state index >= 15 is 0 Å². The van der Waals surface area contributed by atoms with E-state index in [9.17, 15) is 0 Å². The predicted molar refractivity (Wildman–Crippen MR) is 25.3 cm³/mol. The molecular weight excluding hydrogens is 90.4 g/mol. The highest BCUT2D eigenvalue weighted by Crippen LogP contribution is 1.79. The molecule has 0 radical (unpaired) electrons. The van der Waals surface area contributed by atoms with Crippen molar-refractivity contribution in [3.63, 3.8) is 0 Å². The Kier molecular flexibility index (Phi) is 4.39. The Morgan fingerprint density at radius 1 is 1.75 bits per heavy atom. The first-order valence-electron chi connectivity index (χ1n) is 1.18. The molecule has 0 saturated heterocycles. The van der Waals surface area contributed by atoms with Crippen molar-refractivity contribution in [2.24, 2.45) is 0 Å². The summed E-state index contributed by atoms with van der Waals surface area (Å²) in [5.74, 6) is 0.755. The highest BCUT2D eigenvalue weighted by atomic mass is 35.5. The summed E-state index contributed by atoms with van der Waals surface area (Å²) in [4.78, 5) is 0. The smallest absolute Gasteiger partial charge is 0.0258 e. The van der Waals surface area contributed by atoms with Crippen LogP contribution in [0.3, 0.4) is 0 Å². The molecule has 0 aromatic carbocycles. The van der Waals surface area contributed by atoms with E-state index in [0.717, 1.165) is 12.0 Å². The van der Waals surface area contributed by atoms with Gasteiger partial charge in [0.15, 0.2) is 0 Å². The topological polar surface area (TPSA) is 0 Å². The zero-order valence-corrected chi connectivity index (χ0v) is 4.28. The Bertz CT molecular complexity index is 8.00. The second kappa shape index (κ2) is 3.72. The Morgan fingerprint density at radius 2 is 2.00 bits per heavy atom. The molecule has 1 unspecified atom stereocenters. The Morgan fingerprint density at radius 3 is 2.00 bits per heavy atom. The maximum Gasteiger partial charge on any atom is 0.0258 e. The van der Waals surface area contributed by atoms with E-state index in [4.69, 9.17) is 11.6 Å². The molecule has 0 nitrogen and oxygen atoms in total. The molecule has 2 heteroatoms. The van der Waals surface area contributed by atoms with Crippen LogP contribution in [-0.4, -0.2) is 12.0 Å². The molecule has 0 N–H and O–H groups in total. The molecule has 0 bridgehead atoms. The minimum atomic E-state index is 0.755. The van der Waals surface area contributed by atoms with Gasteiger partial charge in [0.1, 0.15) is 0 Å². The van der Waals surface area contributed by atoms with E-state index in [1.807, 2.05) is 0 Å². The third kappa shape index (κ3) is 2.72. The van der Waals surface area contributed by atoms with E-state index < -0.39 is 0 Å². The second-order valence-electron chi connectivity index (χ2n) is 0.478. The molecule has 0 aromatic rings. The lowest BCUT2D eigenvalue weighted by atomic mass is 11.0. The van der Waals surface area contributed by atoms with Crippen LogP contribution in [0.25, 0.3) is 0 Å². The Labute approximate surface area is 33.7 Å². The van der Waals surface area contributed by atoms with Crippen LogP contribution in [0, 0.1) is 0 Å². The molecule has 0 aromatic heterocycles. The Hall–Kier alpha value is 0.720. The summed E-state index contributed by atoms with van der Waals surface area (Å²) in [6.07, 6.45) is 1.00. The molecule has 0 heterocycles. The lowest BCUT2D eigenvalue weighted by Crippen LogP contribution is -1.62. The summed E-state index contributed by atoms with van der Waals surface area (Å²) in [5, 5.41) is 0. The third-order valence-corrected chi connectivity index (χ3v) is 0.982. The third-order valence-electron chi connectivity index (χ3n) is 0.109. The highest BCUT2D eigenvalue weighted by Gasteiger charge is 1.59. The summed E-state index contributed by atoms with van der Waals surface area (Å²) < 4.78 is 0. The summed E-state index contributed by atoms with van der Waals surface area (Å²) >= 11 is 5.17. The number of hydrogen-bond acceptors (Lipinski definition) is 0. The van der Waals surface area contributed by atoms with Crippen molar-refractivity contribution >= 4 is 20.8 Å². The number of alkyl halides is 1. The maximum atomic E-state index is 5.17.